The van der Waals surface area contributed by atoms with Crippen LogP contribution >= 0.6 is 15.9 Å². The Bertz CT molecular complexity index is 1150. The van der Waals surface area contributed by atoms with Crippen molar-refractivity contribution in [3.63, 3.8) is 0 Å². The van der Waals surface area contributed by atoms with Crippen LogP contribution in [-0.2, 0) is 9.53 Å². The van der Waals surface area contributed by atoms with Crippen molar-refractivity contribution in [1.82, 2.24) is 10.3 Å². The van der Waals surface area contributed by atoms with Crippen LogP contribution in [0.4, 0.5) is 0 Å². The number of fused-ring (bicyclic) bond motifs is 1. The molecule has 0 aliphatic heterocycles. The first-order valence-electron chi connectivity index (χ1n) is 11.0. The molecule has 1 N–H and O–H groups in total. The first-order chi connectivity index (χ1) is 15.4. The summed E-state index contributed by atoms with van der Waals surface area (Å²) in [6, 6.07) is 17.1. The van der Waals surface area contributed by atoms with E-state index in [0.717, 1.165) is 22.9 Å². The van der Waals surface area contributed by atoms with Crippen molar-refractivity contribution in [1.29, 1.82) is 0 Å². The number of nitrogens with one attached hydrogen (secondary N) is 1. The molecule has 1 heterocycles. The Morgan fingerprint density at radius 1 is 1.09 bits per heavy atom. The maximum atomic E-state index is 13.0. The number of pyridine rings is 1. The van der Waals surface area contributed by atoms with Crippen molar-refractivity contribution in [2.75, 3.05) is 6.61 Å². The monoisotopic (exact) mass is 494 g/mol. The summed E-state index contributed by atoms with van der Waals surface area (Å²) in [5, 5.41) is 3.75. The molecule has 6 heteroatoms. The van der Waals surface area contributed by atoms with E-state index in [1.807, 2.05) is 48.5 Å². The van der Waals surface area contributed by atoms with Crippen LogP contribution in [0.3, 0.4) is 0 Å². The molecule has 0 spiro atoms. The molecule has 32 heavy (non-hydrogen) atoms. The number of para-hydroxylation sites is 1. The van der Waals surface area contributed by atoms with E-state index in [1.165, 1.54) is 6.42 Å². The van der Waals surface area contributed by atoms with E-state index in [1.54, 1.807) is 6.07 Å². The first kappa shape index (κ1) is 22.5. The summed E-state index contributed by atoms with van der Waals surface area (Å²) in [6.07, 6.45) is 3.27. The van der Waals surface area contributed by atoms with Gasteiger partial charge in [0.1, 0.15) is 0 Å². The number of benzene rings is 2. The Hall–Kier alpha value is -2.73. The molecule has 0 bridgehead atoms. The van der Waals surface area contributed by atoms with Gasteiger partial charge in [0.05, 0.1) is 16.8 Å². The van der Waals surface area contributed by atoms with E-state index in [4.69, 9.17) is 9.72 Å². The van der Waals surface area contributed by atoms with Crippen LogP contribution in [0.25, 0.3) is 22.2 Å². The topological polar surface area (TPSA) is 68.3 Å². The average molecular weight is 495 g/mol. The molecule has 3 unspecified atom stereocenters. The number of amides is 1. The zero-order valence-corrected chi connectivity index (χ0v) is 19.9. The number of carbonyl (C=O) groups is 2. The van der Waals surface area contributed by atoms with E-state index in [2.05, 4.69) is 35.1 Å². The predicted octanol–water partition coefficient (Wildman–Crippen LogP) is 5.76. The highest BCUT2D eigenvalue weighted by Crippen LogP contribution is 2.30. The van der Waals surface area contributed by atoms with Gasteiger partial charge < -0.3 is 10.1 Å². The maximum Gasteiger partial charge on any atom is 0.339 e. The van der Waals surface area contributed by atoms with Crippen molar-refractivity contribution >= 4 is 38.7 Å². The van der Waals surface area contributed by atoms with Gasteiger partial charge in [0.15, 0.2) is 6.61 Å². The van der Waals surface area contributed by atoms with E-state index >= 15 is 0 Å². The number of rotatable bonds is 5. The Morgan fingerprint density at radius 2 is 1.91 bits per heavy atom. The van der Waals surface area contributed by atoms with Crippen LogP contribution in [-0.4, -0.2) is 29.5 Å². The lowest BCUT2D eigenvalue weighted by molar-refractivity contribution is -0.125. The average Bonchev–Trinajstić information content (AvgIpc) is 2.79. The standard InChI is InChI=1S/C26H27BrN2O3/c1-16-7-5-12-22(17(16)2)29-25(30)15-32-26(31)21-14-24(18-8-6-9-19(27)13-18)28-23-11-4-3-10-20(21)23/h3-4,6,8-11,13-14,16-17,22H,5,7,12,15H2,1-2H3,(H,29,30). The Morgan fingerprint density at radius 3 is 2.72 bits per heavy atom. The van der Waals surface area contributed by atoms with Gasteiger partial charge in [-0.2, -0.15) is 0 Å². The molecule has 4 rings (SSSR count). The smallest absolute Gasteiger partial charge is 0.339 e. The third kappa shape index (κ3) is 5.01. The van der Waals surface area contributed by atoms with Crippen molar-refractivity contribution in [2.24, 2.45) is 11.8 Å². The molecule has 1 aromatic heterocycles. The fourth-order valence-electron chi connectivity index (χ4n) is 4.38. The number of ether oxygens (including phenoxy) is 1. The number of esters is 1. The zero-order valence-electron chi connectivity index (χ0n) is 18.3. The molecule has 0 radical (unpaired) electrons. The predicted molar refractivity (Wildman–Crippen MR) is 129 cm³/mol. The number of nitrogens with zero attached hydrogens (tertiary/aromatic N) is 1. The molecule has 1 fully saturated rings. The maximum absolute atomic E-state index is 13.0. The van der Waals surface area contributed by atoms with E-state index in [9.17, 15) is 9.59 Å². The minimum absolute atomic E-state index is 0.134. The number of hydrogen-bond acceptors (Lipinski definition) is 4. The van der Waals surface area contributed by atoms with Gasteiger partial charge >= 0.3 is 5.97 Å². The molecule has 3 atom stereocenters. The lowest BCUT2D eigenvalue weighted by atomic mass is 9.78. The second-order valence-electron chi connectivity index (χ2n) is 8.60. The van der Waals surface area contributed by atoms with Crippen molar-refractivity contribution in [2.45, 2.75) is 39.2 Å². The van der Waals surface area contributed by atoms with Gasteiger partial charge in [-0.15, -0.1) is 0 Å². The highest BCUT2D eigenvalue weighted by atomic mass is 79.9. The molecule has 166 valence electrons. The molecular weight excluding hydrogens is 468 g/mol. The molecule has 0 saturated heterocycles. The summed E-state index contributed by atoms with van der Waals surface area (Å²) in [4.78, 5) is 30.2. The van der Waals surface area contributed by atoms with Gasteiger partial charge in [-0.3, -0.25) is 4.79 Å². The molecular formula is C26H27BrN2O3. The highest BCUT2D eigenvalue weighted by molar-refractivity contribution is 9.10. The molecule has 1 saturated carbocycles. The molecule has 1 amide bonds. The van der Waals surface area contributed by atoms with Gasteiger partial charge in [-0.1, -0.05) is 73.0 Å². The number of halogens is 1. The van der Waals surface area contributed by atoms with E-state index in [0.29, 0.717) is 34.0 Å². The van der Waals surface area contributed by atoms with Crippen LogP contribution in [0, 0.1) is 11.8 Å². The van der Waals surface area contributed by atoms with Crippen molar-refractivity contribution in [3.05, 3.63) is 64.6 Å². The van der Waals surface area contributed by atoms with E-state index < -0.39 is 5.97 Å². The fourth-order valence-corrected chi connectivity index (χ4v) is 4.78. The summed E-state index contributed by atoms with van der Waals surface area (Å²) in [5.41, 5.74) is 2.66. The van der Waals surface area contributed by atoms with Crippen LogP contribution < -0.4 is 5.32 Å². The number of hydrogen-bond donors (Lipinski definition) is 1. The SMILES string of the molecule is CC1CCCC(NC(=O)COC(=O)c2cc(-c3cccc(Br)c3)nc3ccccc23)C1C. The van der Waals surface area contributed by atoms with Gasteiger partial charge in [0.25, 0.3) is 5.91 Å². The van der Waals surface area contributed by atoms with Gasteiger partial charge in [-0.25, -0.2) is 9.78 Å². The third-order valence-electron chi connectivity index (χ3n) is 6.44. The lowest BCUT2D eigenvalue weighted by Crippen LogP contribution is -2.45. The second kappa shape index (κ2) is 9.82. The summed E-state index contributed by atoms with van der Waals surface area (Å²) < 4.78 is 6.36. The van der Waals surface area contributed by atoms with Crippen LogP contribution in [0.1, 0.15) is 43.5 Å². The van der Waals surface area contributed by atoms with Crippen LogP contribution in [0.5, 0.6) is 0 Å². The van der Waals surface area contributed by atoms with Crippen molar-refractivity contribution < 1.29 is 14.3 Å². The second-order valence-corrected chi connectivity index (χ2v) is 9.52. The Balaban J connectivity index is 1.52. The molecule has 3 aromatic rings. The van der Waals surface area contributed by atoms with Crippen LogP contribution in [0.15, 0.2) is 59.1 Å². The minimum Gasteiger partial charge on any atom is -0.452 e. The van der Waals surface area contributed by atoms with Crippen LogP contribution in [0.2, 0.25) is 0 Å². The third-order valence-corrected chi connectivity index (χ3v) is 6.94. The number of aromatic nitrogens is 1. The van der Waals surface area contributed by atoms with Crippen molar-refractivity contribution in [3.8, 4) is 11.3 Å². The fraction of sp³-hybridized carbons (Fsp3) is 0.346. The lowest BCUT2D eigenvalue weighted by Gasteiger charge is -2.34. The normalized spacial score (nSPS) is 20.7. The first-order valence-corrected chi connectivity index (χ1v) is 11.8. The Kier molecular flexibility index (Phi) is 6.89. The van der Waals surface area contributed by atoms with Gasteiger partial charge in [0, 0.05) is 21.5 Å². The minimum atomic E-state index is -0.528. The summed E-state index contributed by atoms with van der Waals surface area (Å²) in [6.45, 7) is 4.10. The Labute approximate surface area is 196 Å². The molecule has 5 nitrogen and oxygen atoms in total. The molecule has 2 aromatic carbocycles. The van der Waals surface area contributed by atoms with E-state index in [-0.39, 0.29) is 18.6 Å². The quantitative estimate of drug-likeness (QED) is 0.457. The number of carbonyl (C=O) groups excluding carboxylic acids is 2. The zero-order chi connectivity index (χ0) is 22.7. The molecule has 1 aliphatic carbocycles. The van der Waals surface area contributed by atoms with Gasteiger partial charge in [-0.05, 0) is 42.5 Å². The largest absolute Gasteiger partial charge is 0.452 e. The molecule has 1 aliphatic rings. The summed E-state index contributed by atoms with van der Waals surface area (Å²) >= 11 is 3.48. The summed E-state index contributed by atoms with van der Waals surface area (Å²) in [7, 11) is 0. The summed E-state index contributed by atoms with van der Waals surface area (Å²) in [5.74, 6) is 0.214. The highest BCUT2D eigenvalue weighted by Gasteiger charge is 2.28. The van der Waals surface area contributed by atoms with Gasteiger partial charge in [0.2, 0.25) is 0 Å².